The summed E-state index contributed by atoms with van der Waals surface area (Å²) >= 11 is 0. The number of carboxylic acid groups (broad SMARTS) is 1. The standard InChI is InChI=1S/C22H18N2O6/c1-29-19-7-3-2-6-17(19)20(25)24-18(13-16-5-4-12-30-16)21(26)23-15-10-8-14(9-11-15)22(27)28/h2-13H,1H3,(H,23,26)(H,24,25)(H,27,28). The van der Waals surface area contributed by atoms with Crippen LogP contribution in [0.3, 0.4) is 0 Å². The molecule has 3 rings (SSSR count). The lowest BCUT2D eigenvalue weighted by atomic mass is 10.1. The van der Waals surface area contributed by atoms with Crippen LogP contribution in [0.5, 0.6) is 5.75 Å². The molecular weight excluding hydrogens is 388 g/mol. The first-order chi connectivity index (χ1) is 14.5. The molecule has 2 aromatic carbocycles. The minimum absolute atomic E-state index is 0.0665. The highest BCUT2D eigenvalue weighted by molar-refractivity contribution is 6.11. The first kappa shape index (κ1) is 20.4. The minimum atomic E-state index is -1.07. The maximum atomic E-state index is 12.8. The molecule has 0 fully saturated rings. The second-order valence-electron chi connectivity index (χ2n) is 6.06. The summed E-state index contributed by atoms with van der Waals surface area (Å²) in [6, 6.07) is 15.5. The van der Waals surface area contributed by atoms with Crippen LogP contribution in [0.2, 0.25) is 0 Å². The Morgan fingerprint density at radius 2 is 1.73 bits per heavy atom. The molecule has 1 aromatic heterocycles. The Morgan fingerprint density at radius 3 is 2.37 bits per heavy atom. The van der Waals surface area contributed by atoms with Crippen LogP contribution in [-0.4, -0.2) is 30.0 Å². The Labute approximate surface area is 171 Å². The zero-order valence-corrected chi connectivity index (χ0v) is 15.9. The number of hydrogen-bond donors (Lipinski definition) is 3. The van der Waals surface area contributed by atoms with Crippen molar-refractivity contribution in [3.8, 4) is 5.75 Å². The largest absolute Gasteiger partial charge is 0.496 e. The number of ether oxygens (including phenoxy) is 1. The van der Waals surface area contributed by atoms with Gasteiger partial charge in [-0.25, -0.2) is 4.79 Å². The number of aromatic carboxylic acids is 1. The van der Waals surface area contributed by atoms with Crippen molar-refractivity contribution in [1.82, 2.24) is 5.32 Å². The number of benzene rings is 2. The molecule has 0 aliphatic carbocycles. The van der Waals surface area contributed by atoms with Crippen molar-refractivity contribution in [1.29, 1.82) is 0 Å². The topological polar surface area (TPSA) is 118 Å². The van der Waals surface area contributed by atoms with Crippen molar-refractivity contribution >= 4 is 29.5 Å². The van der Waals surface area contributed by atoms with Gasteiger partial charge in [0, 0.05) is 11.8 Å². The Bertz CT molecular complexity index is 1090. The Morgan fingerprint density at radius 1 is 1.00 bits per heavy atom. The number of carboxylic acids is 1. The summed E-state index contributed by atoms with van der Waals surface area (Å²) in [5.41, 5.74) is 0.637. The van der Waals surface area contributed by atoms with Crippen molar-refractivity contribution in [2.24, 2.45) is 0 Å². The van der Waals surface area contributed by atoms with E-state index >= 15 is 0 Å². The molecule has 0 atom stereocenters. The van der Waals surface area contributed by atoms with E-state index in [0.717, 1.165) is 0 Å². The first-order valence-electron chi connectivity index (χ1n) is 8.82. The predicted molar refractivity (Wildman–Crippen MR) is 109 cm³/mol. The van der Waals surface area contributed by atoms with Crippen LogP contribution < -0.4 is 15.4 Å². The third-order valence-corrected chi connectivity index (χ3v) is 4.06. The van der Waals surface area contributed by atoms with Crippen molar-refractivity contribution in [2.45, 2.75) is 0 Å². The molecule has 8 heteroatoms. The van der Waals surface area contributed by atoms with Gasteiger partial charge in [-0.3, -0.25) is 9.59 Å². The molecule has 2 amide bonds. The zero-order chi connectivity index (χ0) is 21.5. The summed E-state index contributed by atoms with van der Waals surface area (Å²) in [6.45, 7) is 0. The maximum absolute atomic E-state index is 12.8. The van der Waals surface area contributed by atoms with Gasteiger partial charge in [0.15, 0.2) is 0 Å². The molecule has 0 unspecified atom stereocenters. The van der Waals surface area contributed by atoms with E-state index in [1.54, 1.807) is 36.4 Å². The summed E-state index contributed by atoms with van der Waals surface area (Å²) in [5, 5.41) is 14.2. The quantitative estimate of drug-likeness (QED) is 0.518. The minimum Gasteiger partial charge on any atom is -0.496 e. The highest BCUT2D eigenvalue weighted by Crippen LogP contribution is 2.18. The van der Waals surface area contributed by atoms with E-state index in [2.05, 4.69) is 10.6 Å². The van der Waals surface area contributed by atoms with Gasteiger partial charge in [0.25, 0.3) is 11.8 Å². The van der Waals surface area contributed by atoms with E-state index in [1.165, 1.54) is 43.7 Å². The Balaban J connectivity index is 1.84. The lowest BCUT2D eigenvalue weighted by Gasteiger charge is -2.12. The number of furan rings is 1. The average Bonchev–Trinajstić information content (AvgIpc) is 3.26. The number of amides is 2. The van der Waals surface area contributed by atoms with Gasteiger partial charge in [0.1, 0.15) is 17.2 Å². The average molecular weight is 406 g/mol. The summed E-state index contributed by atoms with van der Waals surface area (Å²) in [6.07, 6.45) is 2.82. The van der Waals surface area contributed by atoms with E-state index < -0.39 is 17.8 Å². The smallest absolute Gasteiger partial charge is 0.335 e. The second kappa shape index (κ2) is 9.24. The number of nitrogens with one attached hydrogen (secondary N) is 2. The lowest BCUT2D eigenvalue weighted by Crippen LogP contribution is -2.31. The molecule has 3 N–H and O–H groups in total. The summed E-state index contributed by atoms with van der Waals surface area (Å²) in [5.74, 6) is -1.51. The number of methoxy groups -OCH3 is 1. The fourth-order valence-electron chi connectivity index (χ4n) is 2.59. The summed E-state index contributed by atoms with van der Waals surface area (Å²) < 4.78 is 10.4. The van der Waals surface area contributed by atoms with Gasteiger partial charge in [-0.1, -0.05) is 12.1 Å². The van der Waals surface area contributed by atoms with Crippen LogP contribution in [-0.2, 0) is 4.79 Å². The van der Waals surface area contributed by atoms with Crippen molar-refractivity contribution in [2.75, 3.05) is 12.4 Å². The van der Waals surface area contributed by atoms with Crippen LogP contribution in [0.1, 0.15) is 26.5 Å². The lowest BCUT2D eigenvalue weighted by molar-refractivity contribution is -0.113. The number of anilines is 1. The van der Waals surface area contributed by atoms with Gasteiger partial charge < -0.3 is 24.9 Å². The molecule has 0 radical (unpaired) electrons. The van der Waals surface area contributed by atoms with Crippen LogP contribution in [0.4, 0.5) is 5.69 Å². The second-order valence-corrected chi connectivity index (χ2v) is 6.06. The SMILES string of the molecule is COc1ccccc1C(=O)NC(=Cc1ccco1)C(=O)Nc1ccc(C(=O)O)cc1. The number of rotatable bonds is 7. The molecule has 8 nitrogen and oxygen atoms in total. The van der Waals surface area contributed by atoms with E-state index in [4.69, 9.17) is 14.3 Å². The van der Waals surface area contributed by atoms with Gasteiger partial charge in [0.05, 0.1) is 24.5 Å². The number of para-hydroxylation sites is 1. The van der Waals surface area contributed by atoms with E-state index in [1.807, 2.05) is 0 Å². The van der Waals surface area contributed by atoms with Gasteiger partial charge in [-0.2, -0.15) is 0 Å². The van der Waals surface area contributed by atoms with Crippen LogP contribution in [0.25, 0.3) is 6.08 Å². The maximum Gasteiger partial charge on any atom is 0.335 e. The van der Waals surface area contributed by atoms with Crippen molar-refractivity contribution in [3.63, 3.8) is 0 Å². The highest BCUT2D eigenvalue weighted by atomic mass is 16.5. The molecular formula is C22H18N2O6. The predicted octanol–water partition coefficient (Wildman–Crippen LogP) is 3.40. The fourth-order valence-corrected chi connectivity index (χ4v) is 2.59. The molecule has 0 aliphatic rings. The normalized spacial score (nSPS) is 10.9. The van der Waals surface area contributed by atoms with Crippen molar-refractivity contribution in [3.05, 3.63) is 89.5 Å². The van der Waals surface area contributed by atoms with E-state index in [0.29, 0.717) is 17.2 Å². The van der Waals surface area contributed by atoms with Crippen LogP contribution >= 0.6 is 0 Å². The zero-order valence-electron chi connectivity index (χ0n) is 15.9. The summed E-state index contributed by atoms with van der Waals surface area (Å²) in [4.78, 5) is 36.5. The number of carbonyl (C=O) groups is 3. The van der Waals surface area contributed by atoms with Crippen LogP contribution in [0, 0.1) is 0 Å². The Hall–Kier alpha value is -4.33. The van der Waals surface area contributed by atoms with E-state index in [-0.39, 0.29) is 16.8 Å². The molecule has 30 heavy (non-hydrogen) atoms. The number of carbonyl (C=O) groups excluding carboxylic acids is 2. The molecule has 0 saturated heterocycles. The molecule has 152 valence electrons. The first-order valence-corrected chi connectivity index (χ1v) is 8.82. The fraction of sp³-hybridized carbons (Fsp3) is 0.0455. The molecule has 0 saturated carbocycles. The summed E-state index contributed by atoms with van der Waals surface area (Å²) in [7, 11) is 1.44. The third-order valence-electron chi connectivity index (χ3n) is 4.06. The third kappa shape index (κ3) is 4.93. The van der Waals surface area contributed by atoms with Gasteiger partial charge in [-0.15, -0.1) is 0 Å². The van der Waals surface area contributed by atoms with E-state index in [9.17, 15) is 14.4 Å². The van der Waals surface area contributed by atoms with Gasteiger partial charge in [-0.05, 0) is 48.5 Å². The number of hydrogen-bond acceptors (Lipinski definition) is 5. The van der Waals surface area contributed by atoms with Crippen LogP contribution in [0.15, 0.2) is 77.0 Å². The molecule has 3 aromatic rings. The monoisotopic (exact) mass is 406 g/mol. The Kier molecular flexibility index (Phi) is 6.29. The van der Waals surface area contributed by atoms with Gasteiger partial charge in [0.2, 0.25) is 0 Å². The highest BCUT2D eigenvalue weighted by Gasteiger charge is 2.18. The van der Waals surface area contributed by atoms with Crippen molar-refractivity contribution < 1.29 is 28.6 Å². The molecule has 0 spiro atoms. The molecule has 0 aliphatic heterocycles. The van der Waals surface area contributed by atoms with Gasteiger partial charge >= 0.3 is 5.97 Å². The molecule has 0 bridgehead atoms. The molecule has 1 heterocycles.